The summed E-state index contributed by atoms with van der Waals surface area (Å²) in [7, 11) is 1.85. The monoisotopic (exact) mass is 398 g/mol. The second-order valence-electron chi connectivity index (χ2n) is 7.62. The summed E-state index contributed by atoms with van der Waals surface area (Å²) in [4.78, 5) is 26.1. The quantitative estimate of drug-likeness (QED) is 0.711. The number of benzene rings is 1. The molecule has 5 rings (SSSR count). The van der Waals surface area contributed by atoms with Gasteiger partial charge in [0.2, 0.25) is 5.43 Å². The first-order valence-corrected chi connectivity index (χ1v) is 9.39. The lowest BCUT2D eigenvalue weighted by atomic mass is 10.0. The third-order valence-corrected chi connectivity index (χ3v) is 5.66. The first-order valence-electron chi connectivity index (χ1n) is 9.39. The third-order valence-electron chi connectivity index (χ3n) is 5.66. The van der Waals surface area contributed by atoms with E-state index in [1.165, 1.54) is 6.20 Å². The molecule has 9 heteroatoms. The molecule has 2 aliphatic heterocycles. The van der Waals surface area contributed by atoms with Gasteiger partial charge in [-0.3, -0.25) is 9.48 Å². The van der Waals surface area contributed by atoms with E-state index >= 15 is 4.39 Å². The van der Waals surface area contributed by atoms with Gasteiger partial charge in [0.25, 0.3) is 0 Å². The van der Waals surface area contributed by atoms with Crippen LogP contribution in [0, 0.1) is 5.82 Å². The Labute approximate surface area is 164 Å². The van der Waals surface area contributed by atoms with Crippen LogP contribution in [0.1, 0.15) is 34.6 Å². The zero-order chi connectivity index (χ0) is 20.4. The Kier molecular flexibility index (Phi) is 3.71. The van der Waals surface area contributed by atoms with Gasteiger partial charge in [-0.2, -0.15) is 5.10 Å². The standard InChI is InChI=1S/C20H19FN4O4/c1-10-9-29-19-16-12(18(26)13(20(27)28)8-25(10)16)5-14(21)17(19)24-4-3-15-11(7-24)6-23(2)22-15/h5-6,8,10H,3-4,7,9H2,1-2H3,(H,27,28). The van der Waals surface area contributed by atoms with Crippen molar-refractivity contribution < 1.29 is 19.0 Å². The van der Waals surface area contributed by atoms with Crippen molar-refractivity contribution in [3.8, 4) is 5.75 Å². The number of rotatable bonds is 2. The summed E-state index contributed by atoms with van der Waals surface area (Å²) in [6, 6.07) is 0.952. The lowest BCUT2D eigenvalue weighted by molar-refractivity contribution is 0.0694. The molecule has 1 unspecified atom stereocenters. The molecule has 1 aromatic carbocycles. The molecule has 0 radical (unpaired) electrons. The van der Waals surface area contributed by atoms with Gasteiger partial charge in [0.15, 0.2) is 11.6 Å². The van der Waals surface area contributed by atoms with Crippen molar-refractivity contribution in [2.24, 2.45) is 7.05 Å². The van der Waals surface area contributed by atoms with Gasteiger partial charge < -0.3 is 19.3 Å². The molecule has 3 aromatic rings. The molecule has 0 spiro atoms. The van der Waals surface area contributed by atoms with Crippen LogP contribution in [0.5, 0.6) is 5.75 Å². The van der Waals surface area contributed by atoms with E-state index in [0.717, 1.165) is 17.3 Å². The number of carbonyl (C=O) groups is 1. The molecule has 1 N–H and O–H groups in total. The smallest absolute Gasteiger partial charge is 0.341 e. The zero-order valence-electron chi connectivity index (χ0n) is 16.0. The van der Waals surface area contributed by atoms with Gasteiger partial charge in [-0.15, -0.1) is 0 Å². The molecule has 0 saturated carbocycles. The molecule has 1 atom stereocenters. The highest BCUT2D eigenvalue weighted by atomic mass is 19.1. The highest BCUT2D eigenvalue weighted by molar-refractivity contribution is 5.97. The van der Waals surface area contributed by atoms with Crippen molar-refractivity contribution in [2.45, 2.75) is 25.9 Å². The van der Waals surface area contributed by atoms with Crippen LogP contribution in [0.15, 0.2) is 23.3 Å². The van der Waals surface area contributed by atoms with Crippen molar-refractivity contribution in [1.29, 1.82) is 0 Å². The number of halogens is 1. The lowest BCUT2D eigenvalue weighted by Crippen LogP contribution is -2.33. The average Bonchev–Trinajstić information content (AvgIpc) is 3.04. The number of aromatic nitrogens is 3. The molecule has 0 fully saturated rings. The third kappa shape index (κ3) is 2.53. The van der Waals surface area contributed by atoms with E-state index < -0.39 is 17.2 Å². The molecule has 0 bridgehead atoms. The van der Waals surface area contributed by atoms with Crippen LogP contribution >= 0.6 is 0 Å². The van der Waals surface area contributed by atoms with Crippen molar-refractivity contribution >= 4 is 22.6 Å². The summed E-state index contributed by atoms with van der Waals surface area (Å²) in [5.74, 6) is -1.63. The van der Waals surface area contributed by atoms with Crippen LogP contribution < -0.4 is 15.1 Å². The number of aryl methyl sites for hydroxylation is 1. The van der Waals surface area contributed by atoms with Gasteiger partial charge in [0.1, 0.15) is 17.9 Å². The number of hydrogen-bond donors (Lipinski definition) is 1. The first-order chi connectivity index (χ1) is 13.8. The Hall–Kier alpha value is -3.36. The lowest BCUT2D eigenvalue weighted by Gasteiger charge is -2.34. The topological polar surface area (TPSA) is 89.6 Å². The number of carboxylic acid groups (broad SMARTS) is 1. The number of fused-ring (bicyclic) bond motifs is 1. The van der Waals surface area contributed by atoms with E-state index in [0.29, 0.717) is 36.5 Å². The highest BCUT2D eigenvalue weighted by Gasteiger charge is 2.31. The van der Waals surface area contributed by atoms with Crippen molar-refractivity contribution in [3.05, 3.63) is 51.3 Å². The van der Waals surface area contributed by atoms with E-state index in [1.54, 1.807) is 9.25 Å². The first kappa shape index (κ1) is 17.7. The van der Waals surface area contributed by atoms with Gasteiger partial charge in [-0.05, 0) is 13.0 Å². The van der Waals surface area contributed by atoms with Crippen LogP contribution in [-0.2, 0) is 20.0 Å². The van der Waals surface area contributed by atoms with E-state index in [2.05, 4.69) is 5.10 Å². The van der Waals surface area contributed by atoms with Gasteiger partial charge in [0, 0.05) is 44.5 Å². The molecular formula is C20H19FN4O4. The molecule has 0 aliphatic carbocycles. The molecule has 150 valence electrons. The molecule has 0 amide bonds. The summed E-state index contributed by atoms with van der Waals surface area (Å²) < 4.78 is 24.6. The summed E-state index contributed by atoms with van der Waals surface area (Å²) in [6.07, 6.45) is 3.93. The largest absolute Gasteiger partial charge is 0.487 e. The van der Waals surface area contributed by atoms with E-state index in [4.69, 9.17) is 4.74 Å². The minimum absolute atomic E-state index is 0.0202. The number of anilines is 1. The minimum Gasteiger partial charge on any atom is -0.487 e. The summed E-state index contributed by atoms with van der Waals surface area (Å²) in [5.41, 5.74) is 1.68. The molecule has 4 heterocycles. The SMILES string of the molecule is CC1COc2c(N3CCc4nn(C)cc4C3)c(F)cc3c(=O)c(C(=O)O)cn1c23. The van der Waals surface area contributed by atoms with Crippen molar-refractivity contribution in [3.63, 3.8) is 0 Å². The fraction of sp³-hybridized carbons (Fsp3) is 0.350. The van der Waals surface area contributed by atoms with Gasteiger partial charge in [-0.25, -0.2) is 9.18 Å². The van der Waals surface area contributed by atoms with Crippen LogP contribution in [0.4, 0.5) is 10.1 Å². The molecule has 2 aliphatic rings. The summed E-state index contributed by atoms with van der Waals surface area (Å²) in [5, 5.41) is 13.8. The Morgan fingerprint density at radius 1 is 1.38 bits per heavy atom. The minimum atomic E-state index is -1.33. The van der Waals surface area contributed by atoms with Gasteiger partial charge >= 0.3 is 5.97 Å². The maximum absolute atomic E-state index is 15.3. The second kappa shape index (κ2) is 6.07. The molecule has 8 nitrogen and oxygen atoms in total. The van der Waals surface area contributed by atoms with E-state index in [9.17, 15) is 14.7 Å². The number of pyridine rings is 1. The Morgan fingerprint density at radius 2 is 2.17 bits per heavy atom. The van der Waals surface area contributed by atoms with E-state index in [-0.39, 0.29) is 23.6 Å². The number of ether oxygens (including phenoxy) is 1. The Bertz CT molecular complexity index is 1250. The van der Waals surface area contributed by atoms with Crippen LogP contribution in [-0.4, -0.2) is 38.6 Å². The van der Waals surface area contributed by atoms with Crippen LogP contribution in [0.3, 0.4) is 0 Å². The maximum atomic E-state index is 15.3. The number of carboxylic acids is 1. The molecule has 29 heavy (non-hydrogen) atoms. The molecule has 0 saturated heterocycles. The zero-order valence-corrected chi connectivity index (χ0v) is 16.0. The Morgan fingerprint density at radius 3 is 2.93 bits per heavy atom. The Balaban J connectivity index is 1.75. The fourth-order valence-electron chi connectivity index (χ4n) is 4.30. The number of hydrogen-bond acceptors (Lipinski definition) is 5. The van der Waals surface area contributed by atoms with Gasteiger partial charge in [0.05, 0.1) is 22.6 Å². The summed E-state index contributed by atoms with van der Waals surface area (Å²) >= 11 is 0. The molecule has 2 aromatic heterocycles. The van der Waals surface area contributed by atoms with E-state index in [1.807, 2.05) is 25.1 Å². The fourth-order valence-corrected chi connectivity index (χ4v) is 4.30. The predicted molar refractivity (Wildman–Crippen MR) is 103 cm³/mol. The second-order valence-corrected chi connectivity index (χ2v) is 7.62. The molecular weight excluding hydrogens is 379 g/mol. The van der Waals surface area contributed by atoms with Crippen LogP contribution in [0.25, 0.3) is 10.9 Å². The number of aromatic carboxylic acids is 1. The highest BCUT2D eigenvalue weighted by Crippen LogP contribution is 2.43. The van der Waals surface area contributed by atoms with Crippen LogP contribution in [0.2, 0.25) is 0 Å². The number of nitrogens with zero attached hydrogens (tertiary/aromatic N) is 4. The van der Waals surface area contributed by atoms with Crippen molar-refractivity contribution in [2.75, 3.05) is 18.1 Å². The predicted octanol–water partition coefficient (Wildman–Crippen LogP) is 2.09. The maximum Gasteiger partial charge on any atom is 0.341 e. The summed E-state index contributed by atoms with van der Waals surface area (Å²) in [6.45, 7) is 3.17. The van der Waals surface area contributed by atoms with Crippen molar-refractivity contribution in [1.82, 2.24) is 14.3 Å². The average molecular weight is 398 g/mol. The van der Waals surface area contributed by atoms with Gasteiger partial charge in [-0.1, -0.05) is 0 Å². The normalized spacial score (nSPS) is 17.9.